The van der Waals surface area contributed by atoms with Crippen molar-refractivity contribution in [1.29, 1.82) is 0 Å². The first kappa shape index (κ1) is 13.1. The Morgan fingerprint density at radius 3 is 2.57 bits per heavy atom. The van der Waals surface area contributed by atoms with Crippen LogP contribution < -0.4 is 11.3 Å². The van der Waals surface area contributed by atoms with E-state index in [1.807, 2.05) is 0 Å². The summed E-state index contributed by atoms with van der Waals surface area (Å²) in [4.78, 5) is 14.0. The van der Waals surface area contributed by atoms with Crippen LogP contribution in [-0.2, 0) is 7.05 Å². The molecule has 0 amide bonds. The summed E-state index contributed by atoms with van der Waals surface area (Å²) in [6, 6.07) is 9.20. The van der Waals surface area contributed by atoms with Gasteiger partial charge in [-0.15, -0.1) is 0 Å². The fourth-order valence-corrected chi connectivity index (χ4v) is 2.23. The minimum Gasteiger partial charge on any atom is -0.383 e. The van der Waals surface area contributed by atoms with Gasteiger partial charge in [-0.3, -0.25) is 9.48 Å². The lowest BCUT2D eigenvalue weighted by atomic mass is 10.0. The van der Waals surface area contributed by atoms with Gasteiger partial charge in [0, 0.05) is 24.9 Å². The summed E-state index contributed by atoms with van der Waals surface area (Å²) in [6.45, 7) is 0. The summed E-state index contributed by atoms with van der Waals surface area (Å²) in [5, 5.41) is 4.37. The molecule has 3 N–H and O–H groups in total. The average molecular weight is 284 g/mol. The number of H-pyrrole nitrogens is 1. The minimum atomic E-state index is -0.320. The fourth-order valence-electron chi connectivity index (χ4n) is 2.23. The van der Waals surface area contributed by atoms with Gasteiger partial charge in [0.1, 0.15) is 17.3 Å². The van der Waals surface area contributed by atoms with Crippen LogP contribution in [0.15, 0.2) is 47.4 Å². The fraction of sp³-hybridized carbons (Fsp3) is 0.0667. The molecule has 0 unspecified atom stereocenters. The SMILES string of the molecule is Cn1nc(-c2cc[nH]c(=O)c2)c(-c2ccc(F)cc2)c1N. The van der Waals surface area contributed by atoms with Gasteiger partial charge >= 0.3 is 0 Å². The number of nitrogen functional groups attached to an aromatic ring is 1. The van der Waals surface area contributed by atoms with Gasteiger partial charge in [-0.25, -0.2) is 4.39 Å². The summed E-state index contributed by atoms with van der Waals surface area (Å²) in [5.41, 5.74) is 8.53. The van der Waals surface area contributed by atoms with Gasteiger partial charge in [-0.05, 0) is 23.8 Å². The maximum atomic E-state index is 13.1. The molecule has 6 heteroatoms. The highest BCUT2D eigenvalue weighted by Gasteiger charge is 2.17. The van der Waals surface area contributed by atoms with Gasteiger partial charge in [0.15, 0.2) is 0 Å². The summed E-state index contributed by atoms with van der Waals surface area (Å²) in [6.07, 6.45) is 1.55. The van der Waals surface area contributed by atoms with Crippen molar-refractivity contribution in [3.05, 3.63) is 58.8 Å². The van der Waals surface area contributed by atoms with Crippen molar-refractivity contribution in [2.45, 2.75) is 0 Å². The highest BCUT2D eigenvalue weighted by atomic mass is 19.1. The largest absolute Gasteiger partial charge is 0.383 e. The molecule has 0 aliphatic carbocycles. The van der Waals surface area contributed by atoms with E-state index in [2.05, 4.69) is 10.1 Å². The molecule has 0 fully saturated rings. The number of nitrogens with two attached hydrogens (primary N) is 1. The quantitative estimate of drug-likeness (QED) is 0.757. The Labute approximate surface area is 119 Å². The second-order valence-electron chi connectivity index (χ2n) is 4.68. The Balaban J connectivity index is 2.25. The smallest absolute Gasteiger partial charge is 0.248 e. The highest BCUT2D eigenvalue weighted by Crippen LogP contribution is 2.35. The van der Waals surface area contributed by atoms with Crippen LogP contribution in [0.4, 0.5) is 10.2 Å². The molecule has 2 heterocycles. The summed E-state index contributed by atoms with van der Waals surface area (Å²) in [7, 11) is 1.72. The first-order chi connectivity index (χ1) is 10.1. The molecule has 0 aliphatic heterocycles. The van der Waals surface area contributed by atoms with E-state index in [0.29, 0.717) is 22.6 Å². The van der Waals surface area contributed by atoms with Gasteiger partial charge in [0.2, 0.25) is 5.56 Å². The van der Waals surface area contributed by atoms with E-state index in [9.17, 15) is 9.18 Å². The predicted molar refractivity (Wildman–Crippen MR) is 79.1 cm³/mol. The molecule has 0 saturated heterocycles. The van der Waals surface area contributed by atoms with E-state index in [1.54, 1.807) is 31.4 Å². The van der Waals surface area contributed by atoms with Gasteiger partial charge in [0.25, 0.3) is 0 Å². The summed E-state index contributed by atoms with van der Waals surface area (Å²) < 4.78 is 14.6. The first-order valence-electron chi connectivity index (χ1n) is 6.34. The van der Waals surface area contributed by atoms with Crippen molar-refractivity contribution in [1.82, 2.24) is 14.8 Å². The van der Waals surface area contributed by atoms with Gasteiger partial charge in [-0.2, -0.15) is 5.10 Å². The van der Waals surface area contributed by atoms with Gasteiger partial charge in [0.05, 0.1) is 5.56 Å². The molecular weight excluding hydrogens is 271 g/mol. The Morgan fingerprint density at radius 1 is 1.19 bits per heavy atom. The van der Waals surface area contributed by atoms with Crippen LogP contribution in [0.1, 0.15) is 0 Å². The molecule has 3 rings (SSSR count). The molecule has 0 bridgehead atoms. The number of anilines is 1. The van der Waals surface area contributed by atoms with E-state index in [1.165, 1.54) is 22.9 Å². The second-order valence-corrected chi connectivity index (χ2v) is 4.68. The monoisotopic (exact) mass is 284 g/mol. The molecule has 3 aromatic rings. The molecule has 0 aliphatic rings. The number of halogens is 1. The number of nitrogens with zero attached hydrogens (tertiary/aromatic N) is 2. The molecule has 5 nitrogen and oxygen atoms in total. The Bertz CT molecular complexity index is 849. The van der Waals surface area contributed by atoms with Crippen LogP contribution in [0, 0.1) is 5.82 Å². The number of nitrogens with one attached hydrogen (secondary N) is 1. The zero-order chi connectivity index (χ0) is 15.0. The number of aromatic nitrogens is 3. The molecule has 106 valence electrons. The lowest BCUT2D eigenvalue weighted by Gasteiger charge is -2.04. The minimum absolute atomic E-state index is 0.221. The standard InChI is InChI=1S/C15H13FN4O/c1-20-15(17)13(9-2-4-11(16)5-3-9)14(19-20)10-6-7-18-12(21)8-10/h2-8H,17H2,1H3,(H,18,21). The number of benzene rings is 1. The van der Waals surface area contributed by atoms with Crippen LogP contribution in [0.3, 0.4) is 0 Å². The number of hydrogen-bond donors (Lipinski definition) is 2. The van der Waals surface area contributed by atoms with Crippen LogP contribution in [0.2, 0.25) is 0 Å². The molecule has 0 spiro atoms. The third kappa shape index (κ3) is 2.31. The molecular formula is C15H13FN4O. The highest BCUT2D eigenvalue weighted by molar-refractivity contribution is 5.87. The van der Waals surface area contributed by atoms with Gasteiger partial charge in [-0.1, -0.05) is 12.1 Å². The van der Waals surface area contributed by atoms with Gasteiger partial charge < -0.3 is 10.7 Å². The first-order valence-corrected chi connectivity index (χ1v) is 6.34. The maximum Gasteiger partial charge on any atom is 0.248 e. The maximum absolute atomic E-state index is 13.1. The van der Waals surface area contributed by atoms with Crippen molar-refractivity contribution in [2.24, 2.45) is 7.05 Å². The molecule has 21 heavy (non-hydrogen) atoms. The number of hydrogen-bond acceptors (Lipinski definition) is 3. The van der Waals surface area contributed by atoms with Crippen molar-refractivity contribution in [3.63, 3.8) is 0 Å². The second kappa shape index (κ2) is 4.90. The Hall–Kier alpha value is -2.89. The zero-order valence-corrected chi connectivity index (χ0v) is 11.3. The Kier molecular flexibility index (Phi) is 3.06. The van der Waals surface area contributed by atoms with E-state index in [0.717, 1.165) is 5.56 Å². The summed E-state index contributed by atoms with van der Waals surface area (Å²) >= 11 is 0. The lowest BCUT2D eigenvalue weighted by molar-refractivity contribution is 0.628. The van der Waals surface area contributed by atoms with E-state index in [-0.39, 0.29) is 11.4 Å². The normalized spacial score (nSPS) is 10.8. The topological polar surface area (TPSA) is 76.7 Å². The molecule has 0 saturated carbocycles. The van der Waals surface area contributed by atoms with Crippen LogP contribution in [0.5, 0.6) is 0 Å². The molecule has 0 radical (unpaired) electrons. The van der Waals surface area contributed by atoms with E-state index >= 15 is 0 Å². The van der Waals surface area contributed by atoms with Crippen LogP contribution in [-0.4, -0.2) is 14.8 Å². The number of aromatic amines is 1. The van der Waals surface area contributed by atoms with Crippen molar-refractivity contribution >= 4 is 5.82 Å². The number of pyridine rings is 1. The predicted octanol–water partition coefficient (Wildman–Crippen LogP) is 2.16. The third-order valence-electron chi connectivity index (χ3n) is 3.27. The lowest BCUT2D eigenvalue weighted by Crippen LogP contribution is -2.02. The number of aryl methyl sites for hydroxylation is 1. The molecule has 2 aromatic heterocycles. The summed E-state index contributed by atoms with van der Waals surface area (Å²) in [5.74, 6) is 0.135. The third-order valence-corrected chi connectivity index (χ3v) is 3.27. The van der Waals surface area contributed by atoms with Crippen molar-refractivity contribution in [2.75, 3.05) is 5.73 Å². The zero-order valence-electron chi connectivity index (χ0n) is 11.3. The van der Waals surface area contributed by atoms with Crippen LogP contribution in [0.25, 0.3) is 22.4 Å². The van der Waals surface area contributed by atoms with Crippen LogP contribution >= 0.6 is 0 Å². The van der Waals surface area contributed by atoms with Crippen molar-refractivity contribution < 1.29 is 4.39 Å². The Morgan fingerprint density at radius 2 is 1.90 bits per heavy atom. The average Bonchev–Trinajstić information content (AvgIpc) is 2.76. The van der Waals surface area contributed by atoms with Crippen molar-refractivity contribution in [3.8, 4) is 22.4 Å². The van der Waals surface area contributed by atoms with E-state index in [4.69, 9.17) is 5.73 Å². The molecule has 0 atom stereocenters. The van der Waals surface area contributed by atoms with E-state index < -0.39 is 0 Å². The molecule has 1 aromatic carbocycles. The number of rotatable bonds is 2.